The molecule has 1 aromatic rings. The van der Waals surface area contributed by atoms with Gasteiger partial charge in [-0.05, 0) is 75.0 Å². The third-order valence-corrected chi connectivity index (χ3v) is 10.2. The van der Waals surface area contributed by atoms with Crippen LogP contribution in [-0.4, -0.2) is 51.3 Å². The Balaban J connectivity index is 1.41. The van der Waals surface area contributed by atoms with Crippen molar-refractivity contribution in [2.45, 2.75) is 88.1 Å². The Hall–Kier alpha value is -2.58. The van der Waals surface area contributed by atoms with Gasteiger partial charge in [0.1, 0.15) is 17.4 Å². The SMILES string of the molecule is CC1(C)C=COc2c(ccc3c2NC(=O)[C@@]32C[C@@]34NC(=O)[C@]5(CCCCN5C3O)C[C@H]4C2(C)C)O1. The van der Waals surface area contributed by atoms with E-state index in [0.717, 1.165) is 24.8 Å². The second-order valence-corrected chi connectivity index (χ2v) is 12.5. The number of nitrogens with one attached hydrogen (secondary N) is 2. The Labute approximate surface area is 205 Å². The van der Waals surface area contributed by atoms with Crippen LogP contribution >= 0.6 is 0 Å². The van der Waals surface area contributed by atoms with Crippen LogP contribution in [0.25, 0.3) is 0 Å². The summed E-state index contributed by atoms with van der Waals surface area (Å²) in [5.74, 6) is 0.932. The van der Waals surface area contributed by atoms with Crippen LogP contribution in [0.1, 0.15) is 65.4 Å². The number of carbonyl (C=O) groups excluding carboxylic acids is 2. The summed E-state index contributed by atoms with van der Waals surface area (Å²) in [6, 6.07) is 3.86. The molecule has 1 unspecified atom stereocenters. The average molecular weight is 480 g/mol. The second kappa shape index (κ2) is 6.21. The summed E-state index contributed by atoms with van der Waals surface area (Å²) < 4.78 is 12.2. The number of nitrogens with zero attached hydrogens (tertiary/aromatic N) is 1. The van der Waals surface area contributed by atoms with Gasteiger partial charge in [-0.15, -0.1) is 0 Å². The molecule has 8 heteroatoms. The van der Waals surface area contributed by atoms with Crippen LogP contribution in [0.15, 0.2) is 24.5 Å². The molecular formula is C27H33N3O5. The van der Waals surface area contributed by atoms with E-state index in [-0.39, 0.29) is 17.7 Å². The first-order valence-electron chi connectivity index (χ1n) is 12.8. The third kappa shape index (κ3) is 2.27. The number of carbonyl (C=O) groups is 2. The molecule has 4 saturated heterocycles. The highest BCUT2D eigenvalue weighted by molar-refractivity contribution is 6.09. The molecule has 2 amide bonds. The number of piperidine rings is 3. The van der Waals surface area contributed by atoms with Crippen molar-refractivity contribution in [1.29, 1.82) is 0 Å². The Morgan fingerprint density at radius 1 is 1.11 bits per heavy atom. The van der Waals surface area contributed by atoms with Crippen molar-refractivity contribution < 1.29 is 24.2 Å². The molecule has 5 atom stereocenters. The summed E-state index contributed by atoms with van der Waals surface area (Å²) in [7, 11) is 0. The first kappa shape index (κ1) is 21.7. The van der Waals surface area contributed by atoms with E-state index in [2.05, 4.69) is 24.5 Å². The summed E-state index contributed by atoms with van der Waals surface area (Å²) in [5, 5.41) is 18.2. The number of rotatable bonds is 0. The number of aliphatic hydroxyl groups excluding tert-OH is 1. The van der Waals surface area contributed by atoms with Crippen LogP contribution in [0, 0.1) is 11.3 Å². The molecule has 3 spiro atoms. The molecule has 6 aliphatic heterocycles. The third-order valence-electron chi connectivity index (χ3n) is 10.2. The van der Waals surface area contributed by atoms with Crippen molar-refractivity contribution in [3.05, 3.63) is 30.0 Å². The van der Waals surface area contributed by atoms with Gasteiger partial charge in [-0.25, -0.2) is 0 Å². The van der Waals surface area contributed by atoms with E-state index in [0.29, 0.717) is 36.6 Å². The molecular weight excluding hydrogens is 446 g/mol. The van der Waals surface area contributed by atoms with Gasteiger partial charge in [0, 0.05) is 6.54 Å². The van der Waals surface area contributed by atoms with E-state index >= 15 is 0 Å². The van der Waals surface area contributed by atoms with E-state index < -0.39 is 33.7 Å². The standard InChI is InChI=1S/C27H33N3O5/c1-23(2)10-12-34-19-16(35-23)8-7-15-18(19)28-21(32)26(15)14-27-17(24(26,3)4)13-25(20(31)29-27)9-5-6-11-30(25)22(27)33/h7-8,10,12,17,22,33H,5-6,9,11,13-14H2,1-4H3,(H,28,32)(H,29,31)/t17-,22?,25-,26+,27-/m0/s1. The van der Waals surface area contributed by atoms with Gasteiger partial charge in [0.2, 0.25) is 11.8 Å². The molecule has 0 aromatic heterocycles. The second-order valence-electron chi connectivity index (χ2n) is 12.5. The van der Waals surface area contributed by atoms with Crippen LogP contribution in [0.4, 0.5) is 5.69 Å². The lowest BCUT2D eigenvalue weighted by molar-refractivity contribution is -0.223. The van der Waals surface area contributed by atoms with E-state index in [9.17, 15) is 14.7 Å². The average Bonchev–Trinajstić information content (AvgIpc) is 3.11. The Morgan fingerprint density at radius 3 is 2.71 bits per heavy atom. The fraction of sp³-hybridized carbons (Fsp3) is 0.630. The summed E-state index contributed by atoms with van der Waals surface area (Å²) in [6.07, 6.45) is 6.33. The maximum atomic E-state index is 14.1. The number of aliphatic hydroxyl groups is 1. The minimum atomic E-state index is -0.925. The highest BCUT2D eigenvalue weighted by Crippen LogP contribution is 2.71. The van der Waals surface area contributed by atoms with Crippen LogP contribution < -0.4 is 20.1 Å². The van der Waals surface area contributed by atoms with E-state index in [4.69, 9.17) is 9.47 Å². The molecule has 3 N–H and O–H groups in total. The zero-order valence-electron chi connectivity index (χ0n) is 20.7. The number of hydrogen-bond donors (Lipinski definition) is 3. The molecule has 1 saturated carbocycles. The van der Waals surface area contributed by atoms with Gasteiger partial charge in [0.15, 0.2) is 11.5 Å². The maximum Gasteiger partial charge on any atom is 0.241 e. The Bertz CT molecular complexity index is 1220. The van der Waals surface area contributed by atoms with Crippen LogP contribution in [0.3, 0.4) is 0 Å². The van der Waals surface area contributed by atoms with Crippen molar-refractivity contribution in [1.82, 2.24) is 10.2 Å². The Kier molecular flexibility index (Phi) is 3.85. The lowest BCUT2D eigenvalue weighted by atomic mass is 9.56. The molecule has 186 valence electrons. The highest BCUT2D eigenvalue weighted by atomic mass is 16.5. The molecule has 8 nitrogen and oxygen atoms in total. The lowest BCUT2D eigenvalue weighted by Gasteiger charge is -2.65. The van der Waals surface area contributed by atoms with Gasteiger partial charge in [-0.3, -0.25) is 14.5 Å². The predicted octanol–water partition coefficient (Wildman–Crippen LogP) is 2.80. The fourth-order valence-corrected chi connectivity index (χ4v) is 8.53. The van der Waals surface area contributed by atoms with E-state index in [1.54, 1.807) is 6.26 Å². The molecule has 35 heavy (non-hydrogen) atoms. The number of benzene rings is 1. The van der Waals surface area contributed by atoms with Crippen molar-refractivity contribution in [2.75, 3.05) is 11.9 Å². The summed E-state index contributed by atoms with van der Waals surface area (Å²) in [5.41, 5.74) is -2.08. The van der Waals surface area contributed by atoms with Crippen molar-refractivity contribution in [2.24, 2.45) is 11.3 Å². The van der Waals surface area contributed by atoms with E-state index in [1.165, 1.54) is 0 Å². The maximum absolute atomic E-state index is 14.1. The van der Waals surface area contributed by atoms with Gasteiger partial charge in [0.25, 0.3) is 0 Å². The topological polar surface area (TPSA) is 100 Å². The number of hydrogen-bond acceptors (Lipinski definition) is 6. The zero-order chi connectivity index (χ0) is 24.6. The van der Waals surface area contributed by atoms with Crippen LogP contribution in [0.5, 0.6) is 11.5 Å². The first-order chi connectivity index (χ1) is 16.5. The minimum Gasteiger partial charge on any atom is -0.480 e. The summed E-state index contributed by atoms with van der Waals surface area (Å²) >= 11 is 0. The van der Waals surface area contributed by atoms with Crippen molar-refractivity contribution in [3.63, 3.8) is 0 Å². The number of piperazine rings is 1. The number of anilines is 1. The van der Waals surface area contributed by atoms with Gasteiger partial charge >= 0.3 is 0 Å². The van der Waals surface area contributed by atoms with Gasteiger partial charge in [-0.1, -0.05) is 19.9 Å². The van der Waals surface area contributed by atoms with Gasteiger partial charge in [-0.2, -0.15) is 0 Å². The molecule has 8 rings (SSSR count). The number of ether oxygens (including phenoxy) is 2. The minimum absolute atomic E-state index is 0.0104. The lowest BCUT2D eigenvalue weighted by Crippen LogP contribution is -2.84. The normalized spacial score (nSPS) is 41.6. The number of fused-ring (bicyclic) bond motifs is 5. The molecule has 6 heterocycles. The molecule has 1 aromatic carbocycles. The van der Waals surface area contributed by atoms with Crippen LogP contribution in [-0.2, 0) is 15.0 Å². The van der Waals surface area contributed by atoms with Gasteiger partial charge < -0.3 is 25.2 Å². The molecule has 0 radical (unpaired) electrons. The Morgan fingerprint density at radius 2 is 1.91 bits per heavy atom. The predicted molar refractivity (Wildman–Crippen MR) is 128 cm³/mol. The smallest absolute Gasteiger partial charge is 0.241 e. The summed E-state index contributed by atoms with van der Waals surface area (Å²) in [6.45, 7) is 8.88. The largest absolute Gasteiger partial charge is 0.480 e. The highest BCUT2D eigenvalue weighted by Gasteiger charge is 2.80. The summed E-state index contributed by atoms with van der Waals surface area (Å²) in [4.78, 5) is 29.6. The monoisotopic (exact) mass is 479 g/mol. The molecule has 7 aliphatic rings. The zero-order valence-corrected chi connectivity index (χ0v) is 20.7. The number of amides is 2. The molecule has 5 fully saturated rings. The molecule has 1 aliphatic carbocycles. The quantitative estimate of drug-likeness (QED) is 0.529. The van der Waals surface area contributed by atoms with Crippen molar-refractivity contribution >= 4 is 17.5 Å². The van der Waals surface area contributed by atoms with E-state index in [1.807, 2.05) is 37.0 Å². The molecule has 2 bridgehead atoms. The van der Waals surface area contributed by atoms with Gasteiger partial charge in [0.05, 0.1) is 22.9 Å². The van der Waals surface area contributed by atoms with Crippen molar-refractivity contribution in [3.8, 4) is 11.5 Å². The van der Waals surface area contributed by atoms with Crippen LogP contribution in [0.2, 0.25) is 0 Å². The first-order valence-corrected chi connectivity index (χ1v) is 12.8. The fourth-order valence-electron chi connectivity index (χ4n) is 8.53.